The summed E-state index contributed by atoms with van der Waals surface area (Å²) in [5.74, 6) is -2.59. The van der Waals surface area contributed by atoms with E-state index in [9.17, 15) is 9.59 Å². The number of aliphatic carboxylic acids is 2. The van der Waals surface area contributed by atoms with E-state index >= 15 is 0 Å². The van der Waals surface area contributed by atoms with Gasteiger partial charge in [-0.15, -0.1) is 0 Å². The molecule has 0 heterocycles. The number of carboxylic acid groups (broad SMARTS) is 2. The van der Waals surface area contributed by atoms with Crippen LogP contribution in [0.2, 0.25) is 0 Å². The van der Waals surface area contributed by atoms with Crippen molar-refractivity contribution in [2.24, 2.45) is 0 Å². The molecule has 112 valence electrons. The molecule has 0 aliphatic heterocycles. The second-order valence-electron chi connectivity index (χ2n) is 2.77. The van der Waals surface area contributed by atoms with Crippen molar-refractivity contribution in [1.29, 1.82) is 0 Å². The molecule has 0 aromatic rings. The summed E-state index contributed by atoms with van der Waals surface area (Å²) >= 11 is 0. The van der Waals surface area contributed by atoms with Crippen molar-refractivity contribution in [2.75, 3.05) is 13.2 Å². The maximum atomic E-state index is 10.2. The van der Waals surface area contributed by atoms with E-state index in [1.807, 2.05) is 0 Å². The second-order valence-corrected chi connectivity index (χ2v) is 2.77. The minimum atomic E-state index is -0.833. The third-order valence-electron chi connectivity index (χ3n) is 0.648. The van der Waals surface area contributed by atoms with Crippen LogP contribution in [0.15, 0.2) is 0 Å². The number of carboxylic acids is 2. The summed E-state index contributed by atoms with van der Waals surface area (Å²) in [7, 11) is 0. The second kappa shape index (κ2) is 15.8. The van der Waals surface area contributed by atoms with Gasteiger partial charge in [-0.1, -0.05) is 0 Å². The Morgan fingerprint density at radius 3 is 1.42 bits per heavy atom. The molecule has 0 fully saturated rings. The van der Waals surface area contributed by atoms with Crippen LogP contribution >= 0.6 is 0 Å². The molecule has 0 bridgehead atoms. The third kappa shape index (κ3) is 89.0. The van der Waals surface area contributed by atoms with Crippen LogP contribution in [0, 0.1) is 0 Å². The van der Waals surface area contributed by atoms with Crippen molar-refractivity contribution in [1.82, 2.24) is 0 Å². The van der Waals surface area contributed by atoms with Gasteiger partial charge in [0.1, 0.15) is 13.2 Å². The Balaban J connectivity index is -0.000000264. The Kier molecular flexibility index (Phi) is 18.4. The molecule has 9 heteroatoms. The Morgan fingerprint density at radius 1 is 0.789 bits per heavy atom. The van der Waals surface area contributed by atoms with Gasteiger partial charge < -0.3 is 14.9 Å². The van der Waals surface area contributed by atoms with Crippen molar-refractivity contribution >= 4 is 23.9 Å². The number of carbonyl (C=O) groups excluding carboxylic acids is 2. The van der Waals surface area contributed by atoms with E-state index in [2.05, 4.69) is 14.5 Å². The highest BCUT2D eigenvalue weighted by Gasteiger charge is 1.95. The van der Waals surface area contributed by atoms with Gasteiger partial charge in [-0.2, -0.15) is 4.89 Å². The zero-order valence-corrected chi connectivity index (χ0v) is 11.2. The quantitative estimate of drug-likeness (QED) is 0.321. The van der Waals surface area contributed by atoms with E-state index in [-0.39, 0.29) is 13.2 Å². The minimum Gasteiger partial charge on any atom is -0.481 e. The van der Waals surface area contributed by atoms with Gasteiger partial charge in [-0.05, 0) is 0 Å². The van der Waals surface area contributed by atoms with Crippen LogP contribution < -0.4 is 0 Å². The predicted octanol–water partition coefficient (Wildman–Crippen LogP) is 0.226. The van der Waals surface area contributed by atoms with Crippen molar-refractivity contribution in [3.8, 4) is 0 Å². The van der Waals surface area contributed by atoms with Gasteiger partial charge >= 0.3 is 11.9 Å². The first-order valence-corrected chi connectivity index (χ1v) is 4.92. The molecule has 0 rings (SSSR count). The summed E-state index contributed by atoms with van der Waals surface area (Å²) in [5.41, 5.74) is 0. The van der Waals surface area contributed by atoms with E-state index in [1.54, 1.807) is 0 Å². The van der Waals surface area contributed by atoms with Crippen LogP contribution in [0.3, 0.4) is 0 Å². The predicted molar refractivity (Wildman–Crippen MR) is 61.0 cm³/mol. The summed E-state index contributed by atoms with van der Waals surface area (Å²) in [5, 5.41) is 14.8. The zero-order chi connectivity index (χ0) is 15.8. The molecule has 0 atom stereocenters. The first-order chi connectivity index (χ1) is 8.59. The van der Waals surface area contributed by atoms with Gasteiger partial charge in [0.25, 0.3) is 11.9 Å². The standard InChI is InChI=1S/C6H10O5.2C2H4O2/c1-5(7)9-3-4-10-11-6(2)8;2*1-2(3)4/h3-4H2,1-2H3;2*1H3,(H,3,4). The van der Waals surface area contributed by atoms with Crippen LogP contribution in [0.5, 0.6) is 0 Å². The molecule has 0 aromatic carbocycles. The van der Waals surface area contributed by atoms with E-state index < -0.39 is 23.9 Å². The average Bonchev–Trinajstić information content (AvgIpc) is 2.14. The summed E-state index contributed by atoms with van der Waals surface area (Å²) in [6.45, 7) is 4.80. The first kappa shape index (κ1) is 22.1. The lowest BCUT2D eigenvalue weighted by Crippen LogP contribution is -2.09. The van der Waals surface area contributed by atoms with E-state index in [0.29, 0.717) is 0 Å². The summed E-state index contributed by atoms with van der Waals surface area (Å²) in [6, 6.07) is 0. The Labute approximate surface area is 110 Å². The highest BCUT2D eigenvalue weighted by molar-refractivity contribution is 5.66. The SMILES string of the molecule is CC(=O)O.CC(=O)O.CC(=O)OCCOOC(C)=O. The van der Waals surface area contributed by atoms with Crippen molar-refractivity contribution in [3.05, 3.63) is 0 Å². The molecular formula is C10H18O9. The molecule has 0 aliphatic rings. The fourth-order valence-electron chi connectivity index (χ4n) is 0.344. The number of esters is 1. The molecule has 9 nitrogen and oxygen atoms in total. The maximum Gasteiger partial charge on any atom is 0.339 e. The molecule has 0 unspecified atom stereocenters. The van der Waals surface area contributed by atoms with Crippen LogP contribution in [-0.2, 0) is 33.7 Å². The molecule has 0 radical (unpaired) electrons. The Hall–Kier alpha value is -2.16. The molecule has 2 N–H and O–H groups in total. The lowest BCUT2D eigenvalue weighted by molar-refractivity contribution is -0.273. The summed E-state index contributed by atoms with van der Waals surface area (Å²) in [4.78, 5) is 46.7. The summed E-state index contributed by atoms with van der Waals surface area (Å²) in [6.07, 6.45) is 0. The van der Waals surface area contributed by atoms with Gasteiger partial charge in [0.05, 0.1) is 0 Å². The van der Waals surface area contributed by atoms with Gasteiger partial charge in [-0.3, -0.25) is 19.3 Å². The first-order valence-electron chi connectivity index (χ1n) is 4.92. The molecule has 0 saturated heterocycles. The van der Waals surface area contributed by atoms with Crippen LogP contribution in [0.25, 0.3) is 0 Å². The molecule has 19 heavy (non-hydrogen) atoms. The molecule has 0 amide bonds. The molecule has 0 aromatic heterocycles. The fraction of sp³-hybridized carbons (Fsp3) is 0.600. The number of carbonyl (C=O) groups is 4. The monoisotopic (exact) mass is 282 g/mol. The highest BCUT2D eigenvalue weighted by Crippen LogP contribution is 1.81. The van der Waals surface area contributed by atoms with Crippen LogP contribution in [0.4, 0.5) is 0 Å². The molecule has 0 saturated carbocycles. The largest absolute Gasteiger partial charge is 0.481 e. The van der Waals surface area contributed by atoms with E-state index in [0.717, 1.165) is 13.8 Å². The topological polar surface area (TPSA) is 136 Å². The lowest BCUT2D eigenvalue weighted by Gasteiger charge is -2.00. The van der Waals surface area contributed by atoms with E-state index in [4.69, 9.17) is 19.8 Å². The number of hydrogen-bond acceptors (Lipinski definition) is 7. The molecular weight excluding hydrogens is 264 g/mol. The highest BCUT2D eigenvalue weighted by atomic mass is 17.2. The van der Waals surface area contributed by atoms with Crippen molar-refractivity contribution in [2.45, 2.75) is 27.7 Å². The number of ether oxygens (including phenoxy) is 1. The van der Waals surface area contributed by atoms with Crippen molar-refractivity contribution < 1.29 is 43.9 Å². The van der Waals surface area contributed by atoms with Gasteiger partial charge in [0, 0.05) is 27.7 Å². The maximum absolute atomic E-state index is 10.2. The van der Waals surface area contributed by atoms with E-state index in [1.165, 1.54) is 13.8 Å². The third-order valence-corrected chi connectivity index (χ3v) is 0.648. The zero-order valence-electron chi connectivity index (χ0n) is 11.2. The lowest BCUT2D eigenvalue weighted by atomic mass is 10.7. The van der Waals surface area contributed by atoms with Gasteiger partial charge in [0.15, 0.2) is 0 Å². The van der Waals surface area contributed by atoms with Crippen molar-refractivity contribution in [3.63, 3.8) is 0 Å². The van der Waals surface area contributed by atoms with Gasteiger partial charge in [-0.25, -0.2) is 4.79 Å². The Morgan fingerprint density at radius 2 is 1.16 bits per heavy atom. The minimum absolute atomic E-state index is 0.0547. The number of hydrogen-bond donors (Lipinski definition) is 2. The normalized spacial score (nSPS) is 7.79. The van der Waals surface area contributed by atoms with Gasteiger partial charge in [0.2, 0.25) is 0 Å². The summed E-state index contributed by atoms with van der Waals surface area (Å²) < 4.78 is 4.47. The smallest absolute Gasteiger partial charge is 0.339 e. The number of rotatable bonds is 4. The van der Waals surface area contributed by atoms with Crippen LogP contribution in [0.1, 0.15) is 27.7 Å². The van der Waals surface area contributed by atoms with Crippen LogP contribution in [-0.4, -0.2) is 47.3 Å². The molecule has 0 aliphatic carbocycles. The molecule has 0 spiro atoms. The fourth-order valence-corrected chi connectivity index (χ4v) is 0.344. The Bertz CT molecular complexity index is 249. The average molecular weight is 282 g/mol.